The van der Waals surface area contributed by atoms with E-state index in [0.717, 1.165) is 11.1 Å². The van der Waals surface area contributed by atoms with Gasteiger partial charge < -0.3 is 4.74 Å². The molecular weight excluding hydrogens is 383 g/mol. The molecule has 0 N–H and O–H groups in total. The number of hydrogen-bond donors (Lipinski definition) is 0. The topological polar surface area (TPSA) is 43.4 Å². The molecule has 3 aromatic rings. The van der Waals surface area contributed by atoms with Gasteiger partial charge in [0.05, 0.1) is 0 Å². The predicted molar refractivity (Wildman–Crippen MR) is 106 cm³/mol. The van der Waals surface area contributed by atoms with Crippen LogP contribution < -0.4 is 4.74 Å². The fourth-order valence-corrected chi connectivity index (χ4v) is 2.51. The van der Waals surface area contributed by atoms with Crippen molar-refractivity contribution in [3.05, 3.63) is 95.1 Å². The SMILES string of the molecule is O=C(Cl)c1cc(Oc2ccc(C#Cc3ccccc3)cc2)cc(C(=O)Cl)c1. The number of ether oxygens (including phenoxy) is 1. The second-order valence-corrected chi connectivity index (χ2v) is 6.22. The van der Waals surface area contributed by atoms with Crippen LogP contribution in [-0.2, 0) is 0 Å². The van der Waals surface area contributed by atoms with Crippen LogP contribution >= 0.6 is 23.2 Å². The van der Waals surface area contributed by atoms with Crippen LogP contribution in [-0.4, -0.2) is 10.5 Å². The highest BCUT2D eigenvalue weighted by Gasteiger charge is 2.11. The number of halogens is 2. The van der Waals surface area contributed by atoms with E-state index in [-0.39, 0.29) is 16.9 Å². The normalized spacial score (nSPS) is 9.85. The van der Waals surface area contributed by atoms with Crippen LogP contribution in [0.15, 0.2) is 72.8 Å². The van der Waals surface area contributed by atoms with Crippen molar-refractivity contribution in [2.75, 3.05) is 0 Å². The summed E-state index contributed by atoms with van der Waals surface area (Å²) in [6.07, 6.45) is 0. The fraction of sp³-hybridized carbons (Fsp3) is 0. The third-order valence-corrected chi connectivity index (χ3v) is 4.01. The molecule has 0 radical (unpaired) electrons. The second-order valence-electron chi connectivity index (χ2n) is 5.54. The Bertz CT molecular complexity index is 1010. The molecule has 0 aliphatic rings. The molecule has 0 spiro atoms. The van der Waals surface area contributed by atoms with Crippen LogP contribution in [0.3, 0.4) is 0 Å². The predicted octanol–water partition coefficient (Wildman–Crippen LogP) is 5.64. The Morgan fingerprint density at radius 2 is 1.19 bits per heavy atom. The summed E-state index contributed by atoms with van der Waals surface area (Å²) in [5, 5.41) is -1.41. The Morgan fingerprint density at radius 1 is 0.667 bits per heavy atom. The van der Waals surface area contributed by atoms with Gasteiger partial charge in [-0.2, -0.15) is 0 Å². The van der Waals surface area contributed by atoms with Gasteiger partial charge in [-0.15, -0.1) is 0 Å². The van der Waals surface area contributed by atoms with Crippen LogP contribution in [0.5, 0.6) is 11.5 Å². The van der Waals surface area contributed by atoms with Crippen molar-refractivity contribution in [1.82, 2.24) is 0 Å². The molecule has 3 nitrogen and oxygen atoms in total. The van der Waals surface area contributed by atoms with E-state index in [9.17, 15) is 9.59 Å². The van der Waals surface area contributed by atoms with E-state index in [1.54, 1.807) is 12.1 Å². The molecule has 0 fully saturated rings. The van der Waals surface area contributed by atoms with Gasteiger partial charge in [-0.3, -0.25) is 9.59 Å². The lowest BCUT2D eigenvalue weighted by molar-refractivity contribution is 0.108. The van der Waals surface area contributed by atoms with E-state index in [2.05, 4.69) is 11.8 Å². The molecule has 0 bridgehead atoms. The minimum absolute atomic E-state index is 0.128. The maximum atomic E-state index is 11.4. The Labute approximate surface area is 166 Å². The molecule has 5 heteroatoms. The van der Waals surface area contributed by atoms with Crippen molar-refractivity contribution in [2.24, 2.45) is 0 Å². The molecule has 0 aromatic heterocycles. The second kappa shape index (κ2) is 8.55. The molecule has 0 unspecified atom stereocenters. The van der Waals surface area contributed by atoms with E-state index in [4.69, 9.17) is 27.9 Å². The zero-order chi connectivity index (χ0) is 19.2. The van der Waals surface area contributed by atoms with Crippen LogP contribution in [0.1, 0.15) is 31.8 Å². The van der Waals surface area contributed by atoms with Crippen molar-refractivity contribution >= 4 is 33.7 Å². The van der Waals surface area contributed by atoms with Crippen molar-refractivity contribution < 1.29 is 14.3 Å². The van der Waals surface area contributed by atoms with Gasteiger partial charge in [0.2, 0.25) is 0 Å². The standard InChI is InChI=1S/C22H12Cl2O3/c23-21(25)17-12-18(22(24)26)14-20(13-17)27-19-10-8-16(9-11-19)7-6-15-4-2-1-3-5-15/h1-5,8-14H. The number of hydrogen-bond acceptors (Lipinski definition) is 3. The molecular formula is C22H12Cl2O3. The average Bonchev–Trinajstić information content (AvgIpc) is 2.68. The highest BCUT2D eigenvalue weighted by atomic mass is 35.5. The largest absolute Gasteiger partial charge is 0.457 e. The summed E-state index contributed by atoms with van der Waals surface area (Å²) in [6.45, 7) is 0. The zero-order valence-electron chi connectivity index (χ0n) is 13.9. The Balaban J connectivity index is 1.80. The van der Waals surface area contributed by atoms with E-state index < -0.39 is 10.5 Å². The van der Waals surface area contributed by atoms with Gasteiger partial charge >= 0.3 is 0 Å². The monoisotopic (exact) mass is 394 g/mol. The van der Waals surface area contributed by atoms with E-state index in [0.29, 0.717) is 5.75 Å². The van der Waals surface area contributed by atoms with E-state index >= 15 is 0 Å². The Hall–Kier alpha value is -3.06. The van der Waals surface area contributed by atoms with Crippen LogP contribution in [0.4, 0.5) is 0 Å². The van der Waals surface area contributed by atoms with E-state index in [1.807, 2.05) is 42.5 Å². The van der Waals surface area contributed by atoms with Gasteiger partial charge in [-0.1, -0.05) is 30.0 Å². The summed E-state index contributed by atoms with van der Waals surface area (Å²) in [6, 6.07) is 21.0. The van der Waals surface area contributed by atoms with Gasteiger partial charge in [0.1, 0.15) is 11.5 Å². The summed E-state index contributed by atoms with van der Waals surface area (Å²) in [5.74, 6) is 6.95. The van der Waals surface area contributed by atoms with Gasteiger partial charge in [0.15, 0.2) is 0 Å². The average molecular weight is 395 g/mol. The summed E-state index contributed by atoms with van der Waals surface area (Å²) in [7, 11) is 0. The molecule has 3 rings (SSSR count). The molecule has 0 heterocycles. The van der Waals surface area contributed by atoms with Crippen LogP contribution in [0.2, 0.25) is 0 Å². The number of carbonyl (C=O) groups excluding carboxylic acids is 2. The third-order valence-electron chi connectivity index (χ3n) is 3.58. The smallest absolute Gasteiger partial charge is 0.252 e. The van der Waals surface area contributed by atoms with Crippen LogP contribution in [0.25, 0.3) is 0 Å². The lowest BCUT2D eigenvalue weighted by Crippen LogP contribution is -1.97. The maximum absolute atomic E-state index is 11.4. The molecule has 0 saturated heterocycles. The minimum atomic E-state index is -0.703. The number of rotatable bonds is 4. The quantitative estimate of drug-likeness (QED) is 0.424. The van der Waals surface area contributed by atoms with Crippen molar-refractivity contribution in [3.63, 3.8) is 0 Å². The highest BCUT2D eigenvalue weighted by molar-refractivity contribution is 6.69. The molecule has 0 atom stereocenters. The first-order valence-corrected chi connectivity index (χ1v) is 8.66. The zero-order valence-corrected chi connectivity index (χ0v) is 15.4. The Morgan fingerprint density at radius 3 is 1.70 bits per heavy atom. The molecule has 0 saturated carbocycles. The van der Waals surface area contributed by atoms with Gasteiger partial charge in [0.25, 0.3) is 10.5 Å². The third kappa shape index (κ3) is 5.21. The van der Waals surface area contributed by atoms with Crippen molar-refractivity contribution in [1.29, 1.82) is 0 Å². The van der Waals surface area contributed by atoms with Crippen LogP contribution in [0, 0.1) is 11.8 Å². The Kier molecular flexibility index (Phi) is 5.93. The first-order chi connectivity index (χ1) is 13.0. The molecule has 3 aromatic carbocycles. The van der Waals surface area contributed by atoms with Gasteiger partial charge in [-0.05, 0) is 77.8 Å². The molecule has 0 aliphatic carbocycles. The number of benzene rings is 3. The number of carbonyl (C=O) groups is 2. The van der Waals surface area contributed by atoms with Crippen molar-refractivity contribution in [3.8, 4) is 23.3 Å². The first kappa shape index (κ1) is 18.7. The maximum Gasteiger partial charge on any atom is 0.252 e. The van der Waals surface area contributed by atoms with E-state index in [1.165, 1.54) is 18.2 Å². The molecule has 27 heavy (non-hydrogen) atoms. The lowest BCUT2D eigenvalue weighted by atomic mass is 10.1. The molecule has 0 amide bonds. The fourth-order valence-electron chi connectivity index (χ4n) is 2.29. The van der Waals surface area contributed by atoms with Gasteiger partial charge in [-0.25, -0.2) is 0 Å². The lowest BCUT2D eigenvalue weighted by Gasteiger charge is -2.08. The van der Waals surface area contributed by atoms with Gasteiger partial charge in [0, 0.05) is 22.3 Å². The molecule has 132 valence electrons. The summed E-state index contributed by atoms with van der Waals surface area (Å²) >= 11 is 11.0. The highest BCUT2D eigenvalue weighted by Crippen LogP contribution is 2.26. The first-order valence-electron chi connectivity index (χ1n) is 7.91. The molecule has 0 aliphatic heterocycles. The summed E-state index contributed by atoms with van der Waals surface area (Å²) in [4.78, 5) is 22.8. The minimum Gasteiger partial charge on any atom is -0.457 e. The van der Waals surface area contributed by atoms with Crippen molar-refractivity contribution in [2.45, 2.75) is 0 Å². The summed E-state index contributed by atoms with van der Waals surface area (Å²) < 4.78 is 5.71. The summed E-state index contributed by atoms with van der Waals surface area (Å²) in [5.41, 5.74) is 2.01.